The highest BCUT2D eigenvalue weighted by Crippen LogP contribution is 2.26. The minimum absolute atomic E-state index is 0.0900. The molecule has 0 N–H and O–H groups in total. The van der Waals surface area contributed by atoms with E-state index in [0.29, 0.717) is 6.42 Å². The van der Waals surface area contributed by atoms with Crippen LogP contribution >= 0.6 is 0 Å². The van der Waals surface area contributed by atoms with Gasteiger partial charge in [-0.25, -0.2) is 0 Å². The zero-order valence-electron chi connectivity index (χ0n) is 11.4. The highest BCUT2D eigenvalue weighted by molar-refractivity contribution is 5.96. The van der Waals surface area contributed by atoms with Gasteiger partial charge in [-0.2, -0.15) is 0 Å². The van der Waals surface area contributed by atoms with Gasteiger partial charge in [0.1, 0.15) is 6.10 Å². The normalized spacial score (nSPS) is 22.9. The summed E-state index contributed by atoms with van der Waals surface area (Å²) in [6.45, 7) is 2.20. The summed E-state index contributed by atoms with van der Waals surface area (Å²) in [5, 5.41) is 0. The van der Waals surface area contributed by atoms with Gasteiger partial charge in [0.25, 0.3) is 0 Å². The minimum Gasteiger partial charge on any atom is -0.468 e. The van der Waals surface area contributed by atoms with Crippen molar-refractivity contribution in [3.05, 3.63) is 0 Å². The van der Waals surface area contributed by atoms with E-state index < -0.39 is 17.9 Å². The quantitative estimate of drug-likeness (QED) is 0.381. The molecule has 1 saturated heterocycles. The van der Waals surface area contributed by atoms with E-state index in [1.165, 1.54) is 39.2 Å². The monoisotopic (exact) mass is 256 g/mol. The van der Waals surface area contributed by atoms with Gasteiger partial charge in [-0.1, -0.05) is 39.0 Å². The molecule has 4 heteroatoms. The summed E-state index contributed by atoms with van der Waals surface area (Å²) in [7, 11) is 1.30. The van der Waals surface area contributed by atoms with Crippen LogP contribution in [0, 0.1) is 5.92 Å². The first-order valence-corrected chi connectivity index (χ1v) is 6.97. The molecule has 18 heavy (non-hydrogen) atoms. The van der Waals surface area contributed by atoms with Crippen LogP contribution in [0.5, 0.6) is 0 Å². The first-order valence-electron chi connectivity index (χ1n) is 6.97. The fourth-order valence-electron chi connectivity index (χ4n) is 2.32. The first kappa shape index (κ1) is 15.0. The van der Waals surface area contributed by atoms with Gasteiger partial charge >= 0.3 is 11.9 Å². The Hall–Kier alpha value is -1.06. The number of cyclic esters (lactones) is 1. The van der Waals surface area contributed by atoms with E-state index in [9.17, 15) is 9.59 Å². The fraction of sp³-hybridized carbons (Fsp3) is 0.857. The number of hydrogen-bond acceptors (Lipinski definition) is 4. The van der Waals surface area contributed by atoms with Crippen LogP contribution in [0.15, 0.2) is 0 Å². The number of hydrogen-bond donors (Lipinski definition) is 0. The van der Waals surface area contributed by atoms with Crippen molar-refractivity contribution in [2.75, 3.05) is 7.11 Å². The highest BCUT2D eigenvalue weighted by atomic mass is 16.6. The maximum absolute atomic E-state index is 11.4. The lowest BCUT2D eigenvalue weighted by molar-refractivity contribution is -0.154. The number of methoxy groups -OCH3 is 1. The van der Waals surface area contributed by atoms with E-state index in [-0.39, 0.29) is 6.10 Å². The van der Waals surface area contributed by atoms with E-state index in [1.54, 1.807) is 0 Å². The SMILES string of the molecule is CCCCCCCCC1CC(C(=O)OC)C(=O)O1. The Morgan fingerprint density at radius 2 is 1.94 bits per heavy atom. The van der Waals surface area contributed by atoms with Gasteiger partial charge in [0.15, 0.2) is 5.92 Å². The predicted molar refractivity (Wildman–Crippen MR) is 68.0 cm³/mol. The van der Waals surface area contributed by atoms with E-state index in [0.717, 1.165) is 12.8 Å². The van der Waals surface area contributed by atoms with Crippen molar-refractivity contribution in [1.82, 2.24) is 0 Å². The largest absolute Gasteiger partial charge is 0.468 e. The zero-order chi connectivity index (χ0) is 13.4. The van der Waals surface area contributed by atoms with Crippen molar-refractivity contribution in [3.8, 4) is 0 Å². The number of unbranched alkanes of at least 4 members (excludes halogenated alkanes) is 5. The summed E-state index contributed by atoms with van der Waals surface area (Å²) in [4.78, 5) is 22.7. The third-order valence-electron chi connectivity index (χ3n) is 3.43. The lowest BCUT2D eigenvalue weighted by Crippen LogP contribution is -2.20. The summed E-state index contributed by atoms with van der Waals surface area (Å²) in [5.41, 5.74) is 0. The molecular weight excluding hydrogens is 232 g/mol. The van der Waals surface area contributed by atoms with Gasteiger partial charge in [-0.05, 0) is 12.8 Å². The molecule has 0 aromatic carbocycles. The minimum atomic E-state index is -0.694. The molecule has 4 nitrogen and oxygen atoms in total. The van der Waals surface area contributed by atoms with Crippen molar-refractivity contribution in [2.24, 2.45) is 5.92 Å². The van der Waals surface area contributed by atoms with Crippen molar-refractivity contribution >= 4 is 11.9 Å². The van der Waals surface area contributed by atoms with Gasteiger partial charge < -0.3 is 9.47 Å². The second kappa shape index (κ2) is 8.11. The Bertz CT molecular complexity index is 275. The van der Waals surface area contributed by atoms with Crippen LogP contribution in [0.3, 0.4) is 0 Å². The van der Waals surface area contributed by atoms with Crippen molar-refractivity contribution in [2.45, 2.75) is 64.4 Å². The Morgan fingerprint density at radius 1 is 1.28 bits per heavy atom. The lowest BCUT2D eigenvalue weighted by atomic mass is 10.0. The van der Waals surface area contributed by atoms with Gasteiger partial charge in [0.2, 0.25) is 0 Å². The Morgan fingerprint density at radius 3 is 2.61 bits per heavy atom. The molecule has 2 atom stereocenters. The number of ether oxygens (including phenoxy) is 2. The smallest absolute Gasteiger partial charge is 0.320 e. The van der Waals surface area contributed by atoms with Gasteiger partial charge in [-0.3, -0.25) is 9.59 Å². The fourth-order valence-corrected chi connectivity index (χ4v) is 2.32. The molecule has 0 aromatic heterocycles. The molecule has 0 aliphatic carbocycles. The Labute approximate surface area is 109 Å². The summed E-state index contributed by atoms with van der Waals surface area (Å²) in [6.07, 6.45) is 8.58. The number of carbonyl (C=O) groups is 2. The highest BCUT2D eigenvalue weighted by Gasteiger charge is 2.39. The number of rotatable bonds is 8. The van der Waals surface area contributed by atoms with Gasteiger partial charge in [0.05, 0.1) is 7.11 Å². The summed E-state index contributed by atoms with van der Waals surface area (Å²) in [5.74, 6) is -1.58. The first-order chi connectivity index (χ1) is 8.69. The molecule has 1 fully saturated rings. The van der Waals surface area contributed by atoms with Crippen LogP contribution in [-0.4, -0.2) is 25.2 Å². The molecule has 104 valence electrons. The lowest BCUT2D eigenvalue weighted by Gasteiger charge is -2.08. The maximum Gasteiger partial charge on any atom is 0.320 e. The Kier molecular flexibility index (Phi) is 6.76. The topological polar surface area (TPSA) is 52.6 Å². The van der Waals surface area contributed by atoms with Crippen LogP contribution in [0.1, 0.15) is 58.3 Å². The van der Waals surface area contributed by atoms with Crippen molar-refractivity contribution < 1.29 is 19.1 Å². The molecule has 2 unspecified atom stereocenters. The molecule has 0 saturated carbocycles. The van der Waals surface area contributed by atoms with Gasteiger partial charge in [0, 0.05) is 6.42 Å². The Balaban J connectivity index is 2.14. The summed E-state index contributed by atoms with van der Waals surface area (Å²) < 4.78 is 9.77. The van der Waals surface area contributed by atoms with Crippen LogP contribution in [0.2, 0.25) is 0 Å². The number of carbonyl (C=O) groups excluding carboxylic acids is 2. The van der Waals surface area contributed by atoms with E-state index in [1.807, 2.05) is 0 Å². The second-order valence-corrected chi connectivity index (χ2v) is 4.93. The number of esters is 2. The second-order valence-electron chi connectivity index (χ2n) is 4.93. The third-order valence-corrected chi connectivity index (χ3v) is 3.43. The van der Waals surface area contributed by atoms with Gasteiger partial charge in [-0.15, -0.1) is 0 Å². The van der Waals surface area contributed by atoms with Crippen LogP contribution < -0.4 is 0 Å². The van der Waals surface area contributed by atoms with E-state index >= 15 is 0 Å². The molecular formula is C14H24O4. The summed E-state index contributed by atoms with van der Waals surface area (Å²) >= 11 is 0. The molecule has 1 heterocycles. The summed E-state index contributed by atoms with van der Waals surface area (Å²) in [6, 6.07) is 0. The molecule has 0 aromatic rings. The predicted octanol–water partition coefficient (Wildman–Crippen LogP) is 2.84. The maximum atomic E-state index is 11.4. The van der Waals surface area contributed by atoms with Crippen LogP contribution in [0.4, 0.5) is 0 Å². The molecule has 1 aliphatic heterocycles. The molecule has 0 spiro atoms. The standard InChI is InChI=1S/C14H24O4/c1-3-4-5-6-7-8-9-11-10-12(13(15)17-2)14(16)18-11/h11-12H,3-10H2,1-2H3. The molecule has 1 aliphatic rings. The van der Waals surface area contributed by atoms with Crippen LogP contribution in [0.25, 0.3) is 0 Å². The van der Waals surface area contributed by atoms with E-state index in [2.05, 4.69) is 11.7 Å². The van der Waals surface area contributed by atoms with Crippen molar-refractivity contribution in [1.29, 1.82) is 0 Å². The zero-order valence-corrected chi connectivity index (χ0v) is 11.4. The van der Waals surface area contributed by atoms with Crippen LogP contribution in [-0.2, 0) is 19.1 Å². The van der Waals surface area contributed by atoms with Crippen molar-refractivity contribution in [3.63, 3.8) is 0 Å². The molecule has 0 amide bonds. The molecule has 0 bridgehead atoms. The molecule has 0 radical (unpaired) electrons. The average Bonchev–Trinajstić information content (AvgIpc) is 2.74. The third kappa shape index (κ3) is 4.67. The average molecular weight is 256 g/mol. The molecule has 1 rings (SSSR count). The van der Waals surface area contributed by atoms with E-state index in [4.69, 9.17) is 4.74 Å².